The number of para-hydroxylation sites is 1. The van der Waals surface area contributed by atoms with Crippen LogP contribution in [0.5, 0.6) is 0 Å². The maximum Gasteiger partial charge on any atom is 0.127 e. The second-order valence-corrected chi connectivity index (χ2v) is 6.44. The SMILES string of the molecule is CCC1(CNc2cc(C(N)=S)c3ccccc3n2)CCC1. The third kappa shape index (κ3) is 2.72. The summed E-state index contributed by atoms with van der Waals surface area (Å²) in [6.07, 6.45) is 5.19. The third-order valence-electron chi connectivity index (χ3n) is 4.79. The lowest BCUT2D eigenvalue weighted by molar-refractivity contribution is 0.145. The Morgan fingerprint density at radius 2 is 2.14 bits per heavy atom. The predicted molar refractivity (Wildman–Crippen MR) is 92.7 cm³/mol. The lowest BCUT2D eigenvalue weighted by Gasteiger charge is -2.41. The summed E-state index contributed by atoms with van der Waals surface area (Å²) in [5, 5.41) is 4.52. The smallest absolute Gasteiger partial charge is 0.127 e. The number of anilines is 1. The maximum absolute atomic E-state index is 5.87. The number of nitrogens with two attached hydrogens (primary N) is 1. The molecule has 0 saturated heterocycles. The van der Waals surface area contributed by atoms with Crippen LogP contribution in [0.3, 0.4) is 0 Å². The van der Waals surface area contributed by atoms with Gasteiger partial charge in [0.25, 0.3) is 0 Å². The lowest BCUT2D eigenvalue weighted by Crippen LogP contribution is -2.36. The summed E-state index contributed by atoms with van der Waals surface area (Å²) >= 11 is 5.19. The molecule has 0 atom stereocenters. The maximum atomic E-state index is 5.87. The number of hydrogen-bond donors (Lipinski definition) is 2. The number of aromatic nitrogens is 1. The normalized spacial score (nSPS) is 16.4. The van der Waals surface area contributed by atoms with Gasteiger partial charge < -0.3 is 11.1 Å². The van der Waals surface area contributed by atoms with Crippen molar-refractivity contribution in [3.63, 3.8) is 0 Å². The van der Waals surface area contributed by atoms with E-state index in [4.69, 9.17) is 18.0 Å². The highest BCUT2D eigenvalue weighted by Crippen LogP contribution is 2.43. The van der Waals surface area contributed by atoms with Gasteiger partial charge in [-0.1, -0.05) is 43.8 Å². The average Bonchev–Trinajstić information content (AvgIpc) is 2.45. The standard InChI is InChI=1S/C17H21N3S/c1-2-17(8-5-9-17)11-19-15-10-13(16(18)21)12-6-3-4-7-14(12)20-15/h3-4,6-7,10H,2,5,8-9,11H2,1H3,(H2,18,21)(H,19,20). The zero-order valence-corrected chi connectivity index (χ0v) is 13.2. The number of rotatable bonds is 5. The number of pyridine rings is 1. The van der Waals surface area contributed by atoms with Gasteiger partial charge in [-0.25, -0.2) is 4.98 Å². The van der Waals surface area contributed by atoms with Gasteiger partial charge in [0.05, 0.1) is 5.52 Å². The fourth-order valence-corrected chi connectivity index (χ4v) is 3.25. The number of fused-ring (bicyclic) bond motifs is 1. The molecule has 1 aliphatic rings. The zero-order chi connectivity index (χ0) is 14.9. The van der Waals surface area contributed by atoms with Crippen LogP contribution in [0.25, 0.3) is 10.9 Å². The summed E-state index contributed by atoms with van der Waals surface area (Å²) in [7, 11) is 0. The Bertz CT molecular complexity index is 671. The minimum atomic E-state index is 0.422. The van der Waals surface area contributed by atoms with Crippen LogP contribution in [-0.2, 0) is 0 Å². The first-order valence-corrected chi connectivity index (χ1v) is 7.98. The van der Waals surface area contributed by atoms with Gasteiger partial charge in [-0.05, 0) is 36.8 Å². The van der Waals surface area contributed by atoms with Crippen molar-refractivity contribution in [3.8, 4) is 0 Å². The Morgan fingerprint density at radius 3 is 2.76 bits per heavy atom. The van der Waals surface area contributed by atoms with Crippen LogP contribution < -0.4 is 11.1 Å². The van der Waals surface area contributed by atoms with Crippen molar-refractivity contribution in [2.75, 3.05) is 11.9 Å². The minimum Gasteiger partial charge on any atom is -0.389 e. The Labute approximate surface area is 130 Å². The van der Waals surface area contributed by atoms with Crippen LogP contribution in [0, 0.1) is 5.41 Å². The van der Waals surface area contributed by atoms with Crippen molar-refractivity contribution in [1.29, 1.82) is 0 Å². The van der Waals surface area contributed by atoms with Gasteiger partial charge in [0.1, 0.15) is 10.8 Å². The molecule has 3 rings (SSSR count). The summed E-state index contributed by atoms with van der Waals surface area (Å²) in [6, 6.07) is 9.97. The van der Waals surface area contributed by atoms with Gasteiger partial charge in [0.2, 0.25) is 0 Å². The number of hydrogen-bond acceptors (Lipinski definition) is 3. The van der Waals surface area contributed by atoms with Gasteiger partial charge in [-0.2, -0.15) is 0 Å². The molecule has 0 bridgehead atoms. The Kier molecular flexibility index (Phi) is 3.81. The largest absolute Gasteiger partial charge is 0.389 e. The number of nitrogens with one attached hydrogen (secondary N) is 1. The first-order chi connectivity index (χ1) is 10.1. The van der Waals surface area contributed by atoms with Crippen LogP contribution in [0.4, 0.5) is 5.82 Å². The second-order valence-electron chi connectivity index (χ2n) is 6.00. The molecule has 0 unspecified atom stereocenters. The van der Waals surface area contributed by atoms with Crippen molar-refractivity contribution in [2.45, 2.75) is 32.6 Å². The highest BCUT2D eigenvalue weighted by Gasteiger charge is 2.34. The molecule has 0 aliphatic heterocycles. The lowest BCUT2D eigenvalue weighted by atomic mass is 9.67. The molecular weight excluding hydrogens is 278 g/mol. The van der Waals surface area contributed by atoms with Gasteiger partial charge in [0.15, 0.2) is 0 Å². The first kappa shape index (κ1) is 14.3. The average molecular weight is 299 g/mol. The molecule has 0 amide bonds. The molecule has 1 aromatic heterocycles. The van der Waals surface area contributed by atoms with Crippen LogP contribution in [0.1, 0.15) is 38.2 Å². The van der Waals surface area contributed by atoms with E-state index in [1.54, 1.807) is 0 Å². The number of nitrogens with zero attached hydrogens (tertiary/aromatic N) is 1. The highest BCUT2D eigenvalue weighted by molar-refractivity contribution is 7.80. The topological polar surface area (TPSA) is 50.9 Å². The van der Waals surface area contributed by atoms with Crippen molar-refractivity contribution < 1.29 is 0 Å². The summed E-state index contributed by atoms with van der Waals surface area (Å²) in [5.74, 6) is 0.872. The molecule has 21 heavy (non-hydrogen) atoms. The van der Waals surface area contributed by atoms with Gasteiger partial charge in [-0.3, -0.25) is 0 Å². The van der Waals surface area contributed by atoms with E-state index in [2.05, 4.69) is 17.2 Å². The molecule has 110 valence electrons. The Balaban J connectivity index is 1.90. The van der Waals surface area contributed by atoms with E-state index in [1.165, 1.54) is 25.7 Å². The molecule has 1 aromatic carbocycles. The predicted octanol–water partition coefficient (Wildman–Crippen LogP) is 3.86. The first-order valence-electron chi connectivity index (χ1n) is 7.57. The second kappa shape index (κ2) is 5.60. The molecule has 0 spiro atoms. The summed E-state index contributed by atoms with van der Waals surface area (Å²) in [5.41, 5.74) is 8.16. The monoisotopic (exact) mass is 299 g/mol. The molecular formula is C17H21N3S. The van der Waals surface area contributed by atoms with Crippen molar-refractivity contribution >= 4 is 33.9 Å². The van der Waals surface area contributed by atoms with Crippen molar-refractivity contribution in [1.82, 2.24) is 4.98 Å². The zero-order valence-electron chi connectivity index (χ0n) is 12.4. The molecule has 2 aromatic rings. The van der Waals surface area contributed by atoms with Crippen molar-refractivity contribution in [3.05, 3.63) is 35.9 Å². The summed E-state index contributed by atoms with van der Waals surface area (Å²) < 4.78 is 0. The van der Waals surface area contributed by atoms with Gasteiger partial charge >= 0.3 is 0 Å². The highest BCUT2D eigenvalue weighted by atomic mass is 32.1. The quantitative estimate of drug-likeness (QED) is 0.823. The van der Waals surface area contributed by atoms with Crippen LogP contribution in [0.2, 0.25) is 0 Å². The fraction of sp³-hybridized carbons (Fsp3) is 0.412. The molecule has 3 nitrogen and oxygen atoms in total. The van der Waals surface area contributed by atoms with Gasteiger partial charge in [0, 0.05) is 17.5 Å². The molecule has 1 aliphatic carbocycles. The van der Waals surface area contributed by atoms with E-state index >= 15 is 0 Å². The van der Waals surface area contributed by atoms with E-state index in [0.29, 0.717) is 10.4 Å². The van der Waals surface area contributed by atoms with E-state index in [1.807, 2.05) is 30.3 Å². The number of benzene rings is 1. The van der Waals surface area contributed by atoms with E-state index < -0.39 is 0 Å². The summed E-state index contributed by atoms with van der Waals surface area (Å²) in [4.78, 5) is 5.11. The molecule has 1 saturated carbocycles. The van der Waals surface area contributed by atoms with E-state index in [9.17, 15) is 0 Å². The van der Waals surface area contributed by atoms with Gasteiger partial charge in [-0.15, -0.1) is 0 Å². The van der Waals surface area contributed by atoms with Crippen LogP contribution in [-0.4, -0.2) is 16.5 Å². The van der Waals surface area contributed by atoms with E-state index in [-0.39, 0.29) is 0 Å². The fourth-order valence-electron chi connectivity index (χ4n) is 3.08. The van der Waals surface area contributed by atoms with E-state index in [0.717, 1.165) is 28.8 Å². The third-order valence-corrected chi connectivity index (χ3v) is 5.01. The molecule has 0 radical (unpaired) electrons. The summed E-state index contributed by atoms with van der Waals surface area (Å²) in [6.45, 7) is 3.25. The van der Waals surface area contributed by atoms with Crippen molar-refractivity contribution in [2.24, 2.45) is 11.1 Å². The minimum absolute atomic E-state index is 0.422. The molecule has 3 N–H and O–H groups in total. The Hall–Kier alpha value is -1.68. The molecule has 1 heterocycles. The van der Waals surface area contributed by atoms with Crippen LogP contribution in [0.15, 0.2) is 30.3 Å². The molecule has 1 fully saturated rings. The molecule has 4 heteroatoms. The van der Waals surface area contributed by atoms with Crippen LogP contribution >= 0.6 is 12.2 Å². The Morgan fingerprint density at radius 1 is 1.38 bits per heavy atom. The number of thiocarbonyl (C=S) groups is 1.